The van der Waals surface area contributed by atoms with Gasteiger partial charge in [0.1, 0.15) is 17.5 Å². The fourth-order valence-corrected chi connectivity index (χ4v) is 2.51. The van der Waals surface area contributed by atoms with Gasteiger partial charge in [0.25, 0.3) is 0 Å². The van der Waals surface area contributed by atoms with E-state index >= 15 is 0 Å². The van der Waals surface area contributed by atoms with E-state index in [-0.39, 0.29) is 18.2 Å². The van der Waals surface area contributed by atoms with Crippen molar-refractivity contribution in [3.05, 3.63) is 29.8 Å². The minimum atomic E-state index is -0.754. The number of nitrogens with zero attached hydrogens (tertiary/aromatic N) is 1. The number of esters is 1. The summed E-state index contributed by atoms with van der Waals surface area (Å²) >= 11 is 0. The Morgan fingerprint density at radius 1 is 1.12 bits per heavy atom. The highest BCUT2D eigenvalue weighted by Gasteiger charge is 2.36. The van der Waals surface area contributed by atoms with E-state index < -0.39 is 11.0 Å². The third-order valence-corrected chi connectivity index (χ3v) is 4.05. The molecule has 1 amide bonds. The van der Waals surface area contributed by atoms with Crippen LogP contribution in [0.3, 0.4) is 0 Å². The third kappa shape index (κ3) is 4.65. The lowest BCUT2D eigenvalue weighted by molar-refractivity contribution is -0.146. The molecular formula is C19H27NO5. The number of carbonyl (C=O) groups excluding carboxylic acids is 2. The molecule has 25 heavy (non-hydrogen) atoms. The van der Waals surface area contributed by atoms with Crippen molar-refractivity contribution >= 4 is 12.1 Å². The number of amides is 1. The smallest absolute Gasteiger partial charge is 0.410 e. The molecule has 138 valence electrons. The lowest BCUT2D eigenvalue weighted by Crippen LogP contribution is -2.57. The maximum atomic E-state index is 11.9. The van der Waals surface area contributed by atoms with Crippen LogP contribution < -0.4 is 4.74 Å². The maximum absolute atomic E-state index is 11.9. The second-order valence-electron chi connectivity index (χ2n) is 7.77. The average molecular weight is 349 g/mol. The van der Waals surface area contributed by atoms with Crippen molar-refractivity contribution < 1.29 is 23.8 Å². The molecule has 1 aliphatic heterocycles. The highest BCUT2D eigenvalue weighted by molar-refractivity contribution is 5.82. The van der Waals surface area contributed by atoms with Crippen LogP contribution in [0.15, 0.2) is 24.3 Å². The molecule has 6 heteroatoms. The third-order valence-electron chi connectivity index (χ3n) is 4.05. The molecule has 1 heterocycles. The molecule has 2 rings (SSSR count). The van der Waals surface area contributed by atoms with Crippen molar-refractivity contribution in [3.8, 4) is 5.75 Å². The van der Waals surface area contributed by atoms with Gasteiger partial charge in [0, 0.05) is 0 Å². The molecule has 1 aromatic rings. The van der Waals surface area contributed by atoms with E-state index in [9.17, 15) is 9.59 Å². The normalized spacial score (nSPS) is 15.4. The van der Waals surface area contributed by atoms with Gasteiger partial charge in [0.2, 0.25) is 0 Å². The van der Waals surface area contributed by atoms with Crippen LogP contribution in [-0.4, -0.2) is 48.9 Å². The Kier molecular flexibility index (Phi) is 5.30. The Balaban J connectivity index is 1.94. The Morgan fingerprint density at radius 3 is 2.32 bits per heavy atom. The molecule has 1 saturated heterocycles. The first-order valence-electron chi connectivity index (χ1n) is 8.36. The predicted octanol–water partition coefficient (Wildman–Crippen LogP) is 3.14. The van der Waals surface area contributed by atoms with Gasteiger partial charge in [0.05, 0.1) is 25.6 Å². The molecule has 0 spiro atoms. The Labute approximate surface area is 149 Å². The monoisotopic (exact) mass is 349 g/mol. The number of benzene rings is 1. The zero-order valence-electron chi connectivity index (χ0n) is 15.8. The van der Waals surface area contributed by atoms with Crippen LogP contribution in [-0.2, 0) is 19.7 Å². The van der Waals surface area contributed by atoms with E-state index in [4.69, 9.17) is 14.2 Å². The highest BCUT2D eigenvalue weighted by atomic mass is 16.6. The van der Waals surface area contributed by atoms with E-state index in [0.29, 0.717) is 18.8 Å². The van der Waals surface area contributed by atoms with Crippen LogP contribution in [0.25, 0.3) is 0 Å². The number of ether oxygens (including phenoxy) is 3. The zero-order valence-corrected chi connectivity index (χ0v) is 15.8. The summed E-state index contributed by atoms with van der Waals surface area (Å²) in [5.74, 6) is 0.368. The van der Waals surface area contributed by atoms with Crippen molar-refractivity contribution in [2.24, 2.45) is 0 Å². The van der Waals surface area contributed by atoms with Crippen LogP contribution in [0, 0.1) is 0 Å². The minimum Gasteiger partial charge on any atom is -0.487 e. The molecule has 6 nitrogen and oxygen atoms in total. The summed E-state index contributed by atoms with van der Waals surface area (Å²) in [5.41, 5.74) is -0.437. The highest BCUT2D eigenvalue weighted by Crippen LogP contribution is 2.29. The van der Waals surface area contributed by atoms with Crippen LogP contribution in [0.4, 0.5) is 4.79 Å². The van der Waals surface area contributed by atoms with Crippen LogP contribution in [0.1, 0.15) is 40.2 Å². The van der Waals surface area contributed by atoms with Crippen LogP contribution >= 0.6 is 0 Å². The summed E-state index contributed by atoms with van der Waals surface area (Å²) in [7, 11) is 1.38. The fourth-order valence-electron chi connectivity index (χ4n) is 2.51. The topological polar surface area (TPSA) is 65.1 Å². The molecular weight excluding hydrogens is 322 g/mol. The summed E-state index contributed by atoms with van der Waals surface area (Å²) in [6, 6.07) is 7.40. The largest absolute Gasteiger partial charge is 0.487 e. The number of carbonyl (C=O) groups is 2. The second kappa shape index (κ2) is 6.94. The Morgan fingerprint density at radius 2 is 1.76 bits per heavy atom. The van der Waals surface area contributed by atoms with E-state index in [1.807, 2.05) is 58.9 Å². The summed E-state index contributed by atoms with van der Waals surface area (Å²) < 4.78 is 16.1. The first-order valence-corrected chi connectivity index (χ1v) is 8.36. The average Bonchev–Trinajstić information content (AvgIpc) is 2.47. The fraction of sp³-hybridized carbons (Fsp3) is 0.579. The van der Waals surface area contributed by atoms with Crippen molar-refractivity contribution in [2.75, 3.05) is 20.2 Å². The van der Waals surface area contributed by atoms with Crippen LogP contribution in [0.2, 0.25) is 0 Å². The Hall–Kier alpha value is -2.24. The number of methoxy groups -OCH3 is 1. The van der Waals surface area contributed by atoms with Gasteiger partial charge in [-0.1, -0.05) is 12.1 Å². The lowest BCUT2D eigenvalue weighted by atomic mass is 9.84. The van der Waals surface area contributed by atoms with Gasteiger partial charge in [-0.25, -0.2) is 4.79 Å². The van der Waals surface area contributed by atoms with E-state index in [1.54, 1.807) is 4.90 Å². The van der Waals surface area contributed by atoms with Crippen molar-refractivity contribution in [3.63, 3.8) is 0 Å². The maximum Gasteiger partial charge on any atom is 0.410 e. The summed E-state index contributed by atoms with van der Waals surface area (Å²) in [4.78, 5) is 25.5. The van der Waals surface area contributed by atoms with Crippen molar-refractivity contribution in [1.29, 1.82) is 0 Å². The van der Waals surface area contributed by atoms with Gasteiger partial charge in [0.15, 0.2) is 0 Å². The van der Waals surface area contributed by atoms with Gasteiger partial charge in [-0.3, -0.25) is 4.79 Å². The molecule has 0 N–H and O–H groups in total. The standard InChI is InChI=1S/C19H27NO5/c1-18(2,3)25-17(22)20-11-15(12-20)24-14-9-7-8-13(10-14)19(4,5)16(21)23-6/h7-10,15H,11-12H2,1-6H3. The van der Waals surface area contributed by atoms with Gasteiger partial charge >= 0.3 is 12.1 Å². The second-order valence-corrected chi connectivity index (χ2v) is 7.77. The van der Waals surface area contributed by atoms with Gasteiger partial charge < -0.3 is 19.1 Å². The SMILES string of the molecule is COC(=O)C(C)(C)c1cccc(OC2CN(C(=O)OC(C)(C)C)C2)c1. The summed E-state index contributed by atoms with van der Waals surface area (Å²) in [6.45, 7) is 10.1. The molecule has 0 aromatic heterocycles. The Bertz CT molecular complexity index is 641. The molecule has 0 bridgehead atoms. The number of hydrogen-bond acceptors (Lipinski definition) is 5. The quantitative estimate of drug-likeness (QED) is 0.782. The van der Waals surface area contributed by atoms with Gasteiger partial charge in [-0.2, -0.15) is 0 Å². The first-order chi connectivity index (χ1) is 11.5. The molecule has 0 aliphatic carbocycles. The van der Waals surface area contributed by atoms with E-state index in [0.717, 1.165) is 5.56 Å². The zero-order chi connectivity index (χ0) is 18.8. The summed E-state index contributed by atoms with van der Waals surface area (Å²) in [6.07, 6.45) is -0.406. The molecule has 1 aliphatic rings. The number of hydrogen-bond donors (Lipinski definition) is 0. The molecule has 0 atom stereocenters. The van der Waals surface area contributed by atoms with Gasteiger partial charge in [-0.05, 0) is 52.3 Å². The lowest BCUT2D eigenvalue weighted by Gasteiger charge is -2.39. The van der Waals surface area contributed by atoms with Crippen molar-refractivity contribution in [2.45, 2.75) is 51.7 Å². The number of likely N-dealkylation sites (tertiary alicyclic amines) is 1. The molecule has 0 saturated carbocycles. The summed E-state index contributed by atoms with van der Waals surface area (Å²) in [5, 5.41) is 0. The predicted molar refractivity (Wildman–Crippen MR) is 93.7 cm³/mol. The van der Waals surface area contributed by atoms with E-state index in [2.05, 4.69) is 0 Å². The van der Waals surface area contributed by atoms with Gasteiger partial charge in [-0.15, -0.1) is 0 Å². The molecule has 1 aromatic carbocycles. The number of rotatable bonds is 4. The van der Waals surface area contributed by atoms with Crippen LogP contribution in [0.5, 0.6) is 5.75 Å². The minimum absolute atomic E-state index is 0.0796. The van der Waals surface area contributed by atoms with Crippen molar-refractivity contribution in [1.82, 2.24) is 4.90 Å². The molecule has 0 unspecified atom stereocenters. The molecule has 0 radical (unpaired) electrons. The first kappa shape index (κ1) is 19.1. The van der Waals surface area contributed by atoms with E-state index in [1.165, 1.54) is 7.11 Å². The molecule has 1 fully saturated rings.